The van der Waals surface area contributed by atoms with Crippen molar-refractivity contribution in [3.8, 4) is 11.3 Å². The summed E-state index contributed by atoms with van der Waals surface area (Å²) in [6.07, 6.45) is 1.11. The lowest BCUT2D eigenvalue weighted by atomic mass is 10.1. The van der Waals surface area contributed by atoms with Crippen LogP contribution in [0.3, 0.4) is 0 Å². The first-order valence-corrected chi connectivity index (χ1v) is 10.1. The van der Waals surface area contributed by atoms with Gasteiger partial charge in [-0.2, -0.15) is 0 Å². The van der Waals surface area contributed by atoms with Crippen molar-refractivity contribution in [2.45, 2.75) is 6.92 Å². The third kappa shape index (κ3) is 4.55. The maximum atomic E-state index is 13.0. The largest absolute Gasteiger partial charge is 0.332 e. The molecule has 2 N–H and O–H groups in total. The molecule has 0 amide bonds. The molecule has 3 aromatic rings. The van der Waals surface area contributed by atoms with Gasteiger partial charge in [0.2, 0.25) is 10.0 Å². The first kappa shape index (κ1) is 17.4. The van der Waals surface area contributed by atoms with Gasteiger partial charge in [-0.05, 0) is 43.3 Å². The third-order valence-corrected chi connectivity index (χ3v) is 4.85. The van der Waals surface area contributed by atoms with Crippen molar-refractivity contribution in [1.82, 2.24) is 4.98 Å². The minimum absolute atomic E-state index is 0.288. The zero-order valence-corrected chi connectivity index (χ0v) is 15.2. The predicted octanol–water partition coefficient (Wildman–Crippen LogP) is 4.37. The van der Waals surface area contributed by atoms with Gasteiger partial charge in [-0.3, -0.25) is 4.72 Å². The van der Waals surface area contributed by atoms with Gasteiger partial charge >= 0.3 is 0 Å². The molecule has 0 bridgehead atoms. The van der Waals surface area contributed by atoms with Crippen LogP contribution in [0.5, 0.6) is 0 Å². The molecule has 25 heavy (non-hydrogen) atoms. The van der Waals surface area contributed by atoms with Gasteiger partial charge in [0, 0.05) is 21.8 Å². The highest BCUT2D eigenvalue weighted by Crippen LogP contribution is 2.32. The fourth-order valence-corrected chi connectivity index (χ4v) is 3.70. The van der Waals surface area contributed by atoms with E-state index in [1.54, 1.807) is 24.3 Å². The van der Waals surface area contributed by atoms with Gasteiger partial charge in [0.1, 0.15) is 5.82 Å². The number of nitrogens with one attached hydrogen (secondary N) is 2. The number of sulfonamides is 1. The molecule has 0 saturated heterocycles. The Morgan fingerprint density at radius 3 is 2.20 bits per heavy atom. The molecule has 1 heterocycles. The molecule has 0 aliphatic heterocycles. The molecular weight excluding hydrogens is 361 g/mol. The molecule has 0 atom stereocenters. The zero-order chi connectivity index (χ0) is 18.0. The van der Waals surface area contributed by atoms with Crippen LogP contribution < -0.4 is 10.0 Å². The Kier molecular flexibility index (Phi) is 4.73. The number of hydrogen-bond acceptors (Lipinski definition) is 5. The molecule has 1 aromatic heterocycles. The fraction of sp³-hybridized carbons (Fsp3) is 0.118. The van der Waals surface area contributed by atoms with Gasteiger partial charge in [-0.1, -0.05) is 12.1 Å². The molecule has 0 aliphatic carbocycles. The summed E-state index contributed by atoms with van der Waals surface area (Å²) in [6, 6.07) is 13.1. The number of halogens is 1. The SMILES string of the molecule is Cc1sc(Nc2ccc(F)cc2)nc1-c1ccc(NS(C)(=O)=O)cc1. The van der Waals surface area contributed by atoms with E-state index in [4.69, 9.17) is 0 Å². The molecule has 130 valence electrons. The van der Waals surface area contributed by atoms with E-state index < -0.39 is 10.0 Å². The van der Waals surface area contributed by atoms with Crippen molar-refractivity contribution in [3.63, 3.8) is 0 Å². The van der Waals surface area contributed by atoms with Crippen LogP contribution in [0.15, 0.2) is 48.5 Å². The Hall–Kier alpha value is -2.45. The number of anilines is 3. The van der Waals surface area contributed by atoms with E-state index in [0.29, 0.717) is 10.8 Å². The standard InChI is InChI=1S/C17H16FN3O2S2/c1-11-16(12-3-7-15(8-4-12)21-25(2,22)23)20-17(24-11)19-14-9-5-13(18)6-10-14/h3-10,21H,1-2H3,(H,19,20). The van der Waals surface area contributed by atoms with E-state index in [2.05, 4.69) is 15.0 Å². The number of nitrogens with zero attached hydrogens (tertiary/aromatic N) is 1. The van der Waals surface area contributed by atoms with Crippen LogP contribution >= 0.6 is 11.3 Å². The average Bonchev–Trinajstić information content (AvgIpc) is 2.89. The fourth-order valence-electron chi connectivity index (χ4n) is 2.28. The summed E-state index contributed by atoms with van der Waals surface area (Å²) in [4.78, 5) is 5.60. The topological polar surface area (TPSA) is 71.1 Å². The number of aromatic nitrogens is 1. The molecule has 8 heteroatoms. The van der Waals surface area contributed by atoms with Crippen LogP contribution in [0, 0.1) is 12.7 Å². The number of benzene rings is 2. The number of thiazole rings is 1. The number of hydrogen-bond donors (Lipinski definition) is 2. The maximum absolute atomic E-state index is 13.0. The molecular formula is C17H16FN3O2S2. The number of rotatable bonds is 5. The molecule has 5 nitrogen and oxygen atoms in total. The van der Waals surface area contributed by atoms with Crippen molar-refractivity contribution in [2.24, 2.45) is 0 Å². The second-order valence-corrected chi connectivity index (χ2v) is 8.46. The highest BCUT2D eigenvalue weighted by Gasteiger charge is 2.11. The van der Waals surface area contributed by atoms with Gasteiger partial charge in [0.25, 0.3) is 0 Å². The molecule has 0 saturated carbocycles. The Morgan fingerprint density at radius 1 is 1.00 bits per heavy atom. The average molecular weight is 377 g/mol. The van der Waals surface area contributed by atoms with Crippen molar-refractivity contribution in [3.05, 3.63) is 59.2 Å². The summed E-state index contributed by atoms with van der Waals surface area (Å²) in [7, 11) is -3.30. The third-order valence-electron chi connectivity index (χ3n) is 3.35. The van der Waals surface area contributed by atoms with E-state index in [0.717, 1.165) is 28.1 Å². The molecule has 0 fully saturated rings. The van der Waals surface area contributed by atoms with Crippen molar-refractivity contribution in [2.75, 3.05) is 16.3 Å². The number of aryl methyl sites for hydroxylation is 1. The molecule has 0 spiro atoms. The van der Waals surface area contributed by atoms with Crippen LogP contribution in [0.1, 0.15) is 4.88 Å². The van der Waals surface area contributed by atoms with E-state index in [-0.39, 0.29) is 5.82 Å². The summed E-state index contributed by atoms with van der Waals surface area (Å²) >= 11 is 1.49. The monoisotopic (exact) mass is 377 g/mol. The molecule has 0 aliphatic rings. The lowest BCUT2D eigenvalue weighted by Crippen LogP contribution is -2.09. The first-order chi connectivity index (χ1) is 11.8. The highest BCUT2D eigenvalue weighted by molar-refractivity contribution is 7.92. The minimum Gasteiger partial charge on any atom is -0.332 e. The quantitative estimate of drug-likeness (QED) is 0.692. The Morgan fingerprint density at radius 2 is 1.60 bits per heavy atom. The van der Waals surface area contributed by atoms with E-state index in [1.165, 1.54) is 23.5 Å². The van der Waals surface area contributed by atoms with Gasteiger partial charge in [0.05, 0.1) is 11.9 Å². The summed E-state index contributed by atoms with van der Waals surface area (Å²) < 4.78 is 37.9. The highest BCUT2D eigenvalue weighted by atomic mass is 32.2. The van der Waals surface area contributed by atoms with Crippen LogP contribution in [0.4, 0.5) is 20.9 Å². The second-order valence-electron chi connectivity index (χ2n) is 5.51. The smallest absolute Gasteiger partial charge is 0.229 e. The van der Waals surface area contributed by atoms with Crippen LogP contribution in [0.2, 0.25) is 0 Å². The first-order valence-electron chi connectivity index (χ1n) is 7.38. The van der Waals surface area contributed by atoms with Gasteiger partial charge in [-0.15, -0.1) is 11.3 Å². The maximum Gasteiger partial charge on any atom is 0.229 e. The normalized spacial score (nSPS) is 11.3. The summed E-state index contributed by atoms with van der Waals surface area (Å²) in [5.41, 5.74) is 2.97. The summed E-state index contributed by atoms with van der Waals surface area (Å²) in [6.45, 7) is 1.96. The van der Waals surface area contributed by atoms with Gasteiger partial charge in [0.15, 0.2) is 5.13 Å². The minimum atomic E-state index is -3.30. The van der Waals surface area contributed by atoms with Crippen LogP contribution in [-0.4, -0.2) is 19.7 Å². The molecule has 0 unspecified atom stereocenters. The van der Waals surface area contributed by atoms with E-state index in [9.17, 15) is 12.8 Å². The van der Waals surface area contributed by atoms with Crippen LogP contribution in [-0.2, 0) is 10.0 Å². The van der Waals surface area contributed by atoms with Gasteiger partial charge in [-0.25, -0.2) is 17.8 Å². The summed E-state index contributed by atoms with van der Waals surface area (Å²) in [5.74, 6) is -0.288. The molecule has 2 aromatic carbocycles. The van der Waals surface area contributed by atoms with Crippen molar-refractivity contribution < 1.29 is 12.8 Å². The Balaban J connectivity index is 1.81. The zero-order valence-electron chi connectivity index (χ0n) is 13.6. The predicted molar refractivity (Wildman–Crippen MR) is 100 cm³/mol. The van der Waals surface area contributed by atoms with Gasteiger partial charge < -0.3 is 5.32 Å². The summed E-state index contributed by atoms with van der Waals surface area (Å²) in [5, 5.41) is 3.86. The van der Waals surface area contributed by atoms with E-state index >= 15 is 0 Å². The van der Waals surface area contributed by atoms with Crippen molar-refractivity contribution >= 4 is 37.9 Å². The lowest BCUT2D eigenvalue weighted by Gasteiger charge is -2.05. The Labute approximate surface area is 149 Å². The van der Waals surface area contributed by atoms with Crippen molar-refractivity contribution in [1.29, 1.82) is 0 Å². The Bertz CT molecular complexity index is 982. The molecule has 0 radical (unpaired) electrons. The lowest BCUT2D eigenvalue weighted by molar-refractivity contribution is 0.607. The van der Waals surface area contributed by atoms with Crippen LogP contribution in [0.25, 0.3) is 11.3 Å². The second kappa shape index (κ2) is 6.81. The molecule has 3 rings (SSSR count). The van der Waals surface area contributed by atoms with E-state index in [1.807, 2.05) is 19.1 Å².